The highest BCUT2D eigenvalue weighted by Gasteiger charge is 2.19. The quantitative estimate of drug-likeness (QED) is 0.177. The summed E-state index contributed by atoms with van der Waals surface area (Å²) in [6.45, 7) is 0. The Labute approximate surface area is 326 Å². The zero-order chi connectivity index (χ0) is 37.5. The van der Waals surface area contributed by atoms with Gasteiger partial charge in [0.1, 0.15) is 11.2 Å². The SMILES string of the molecule is c1ccc(-n2c3ccccc3c3cc(-c4nc(-c5ccc6c(c5)oc5ccccc56)nc(-c5ccc6c(c5)c5ccccc5n6-c5ccccc5)n4)ccc32)cc1. The van der Waals surface area contributed by atoms with Gasteiger partial charge in [0.05, 0.1) is 22.1 Å². The van der Waals surface area contributed by atoms with Crippen molar-refractivity contribution < 1.29 is 4.42 Å². The van der Waals surface area contributed by atoms with Crippen LogP contribution in [0.5, 0.6) is 0 Å². The standard InChI is InChI=1S/C51H31N5O/c1-3-13-35(14-4-1)55-43-20-10-7-17-37(43)41-29-32(24-27-45(41)55)49-52-50(54-51(53-49)34-23-26-40-39-19-9-12-22-47(39)57-48(40)31-34)33-25-28-46-42(30-33)38-18-8-11-21-44(38)56(46)36-15-5-2-6-16-36/h1-31H. The minimum absolute atomic E-state index is 0.580. The topological polar surface area (TPSA) is 61.7 Å². The summed E-state index contributed by atoms with van der Waals surface area (Å²) in [5, 5.41) is 6.75. The molecule has 12 aromatic rings. The van der Waals surface area contributed by atoms with Crippen molar-refractivity contribution in [1.82, 2.24) is 24.1 Å². The Hall–Kier alpha value is -7.83. The van der Waals surface area contributed by atoms with Crippen LogP contribution in [0.15, 0.2) is 192 Å². The van der Waals surface area contributed by atoms with E-state index in [1.165, 1.54) is 10.8 Å². The maximum atomic E-state index is 6.32. The molecular formula is C51H31N5O. The van der Waals surface area contributed by atoms with Crippen LogP contribution in [-0.2, 0) is 0 Å². The van der Waals surface area contributed by atoms with Gasteiger partial charge in [-0.05, 0) is 91.0 Å². The third-order valence-corrected chi connectivity index (χ3v) is 11.2. The first-order valence-electron chi connectivity index (χ1n) is 19.1. The van der Waals surface area contributed by atoms with Crippen molar-refractivity contribution in [2.45, 2.75) is 0 Å². The molecule has 0 saturated carbocycles. The van der Waals surface area contributed by atoms with E-state index >= 15 is 0 Å². The lowest BCUT2D eigenvalue weighted by Crippen LogP contribution is -2.00. The second-order valence-electron chi connectivity index (χ2n) is 14.5. The molecular weight excluding hydrogens is 699 g/mol. The lowest BCUT2D eigenvalue weighted by Gasteiger charge is -2.10. The molecule has 0 aliphatic heterocycles. The van der Waals surface area contributed by atoms with Crippen LogP contribution in [0.4, 0.5) is 0 Å². The second-order valence-corrected chi connectivity index (χ2v) is 14.5. The van der Waals surface area contributed by atoms with Crippen LogP contribution < -0.4 is 0 Å². The van der Waals surface area contributed by atoms with Crippen molar-refractivity contribution in [3.8, 4) is 45.5 Å². The molecule has 0 bridgehead atoms. The van der Waals surface area contributed by atoms with Crippen molar-refractivity contribution in [3.63, 3.8) is 0 Å². The number of nitrogens with zero attached hydrogens (tertiary/aromatic N) is 5. The molecule has 0 spiro atoms. The molecule has 0 atom stereocenters. The Morgan fingerprint density at radius 3 is 1.25 bits per heavy atom. The molecule has 0 aliphatic carbocycles. The fourth-order valence-electron chi connectivity index (χ4n) is 8.56. The van der Waals surface area contributed by atoms with Gasteiger partial charge in [0.15, 0.2) is 17.5 Å². The molecule has 0 saturated heterocycles. The average molecular weight is 730 g/mol. The van der Waals surface area contributed by atoms with E-state index in [1.54, 1.807) is 0 Å². The smallest absolute Gasteiger partial charge is 0.164 e. The minimum atomic E-state index is 0.580. The van der Waals surface area contributed by atoms with Gasteiger partial charge >= 0.3 is 0 Å². The van der Waals surface area contributed by atoms with Crippen molar-refractivity contribution in [1.29, 1.82) is 0 Å². The molecule has 6 heteroatoms. The van der Waals surface area contributed by atoms with E-state index in [-0.39, 0.29) is 0 Å². The van der Waals surface area contributed by atoms with Crippen molar-refractivity contribution in [3.05, 3.63) is 188 Å². The molecule has 0 amide bonds. The highest BCUT2D eigenvalue weighted by Crippen LogP contribution is 2.38. The number of fused-ring (bicyclic) bond motifs is 9. The van der Waals surface area contributed by atoms with Gasteiger partial charge in [-0.25, -0.2) is 15.0 Å². The monoisotopic (exact) mass is 729 g/mol. The Morgan fingerprint density at radius 2 is 0.702 bits per heavy atom. The number of para-hydroxylation sites is 5. The van der Waals surface area contributed by atoms with Crippen LogP contribution in [0.1, 0.15) is 0 Å². The van der Waals surface area contributed by atoms with E-state index in [4.69, 9.17) is 19.4 Å². The zero-order valence-electron chi connectivity index (χ0n) is 30.5. The van der Waals surface area contributed by atoms with Gasteiger partial charge in [-0.15, -0.1) is 0 Å². The summed E-state index contributed by atoms with van der Waals surface area (Å²) in [5.41, 5.74) is 11.1. The third kappa shape index (κ3) is 4.94. The maximum absolute atomic E-state index is 6.32. The summed E-state index contributed by atoms with van der Waals surface area (Å²) in [7, 11) is 0. The largest absolute Gasteiger partial charge is 0.456 e. The summed E-state index contributed by atoms with van der Waals surface area (Å²) in [5.74, 6) is 1.78. The molecule has 266 valence electrons. The van der Waals surface area contributed by atoms with Crippen molar-refractivity contribution in [2.75, 3.05) is 0 Å². The fourth-order valence-corrected chi connectivity index (χ4v) is 8.56. The molecule has 0 fully saturated rings. The zero-order valence-corrected chi connectivity index (χ0v) is 30.5. The highest BCUT2D eigenvalue weighted by atomic mass is 16.3. The summed E-state index contributed by atoms with van der Waals surface area (Å²) in [6, 6.07) is 65.6. The van der Waals surface area contributed by atoms with Crippen LogP contribution in [0.3, 0.4) is 0 Å². The Bertz CT molecular complexity index is 3350. The average Bonchev–Trinajstić information content (AvgIpc) is 3.94. The Balaban J connectivity index is 1.08. The van der Waals surface area contributed by atoms with E-state index in [1.807, 2.05) is 24.3 Å². The van der Waals surface area contributed by atoms with Gasteiger partial charge in [0, 0.05) is 60.4 Å². The summed E-state index contributed by atoms with van der Waals surface area (Å²) < 4.78 is 11.0. The Kier molecular flexibility index (Phi) is 6.83. The van der Waals surface area contributed by atoms with Crippen LogP contribution in [-0.4, -0.2) is 24.1 Å². The Morgan fingerprint density at radius 1 is 0.298 bits per heavy atom. The minimum Gasteiger partial charge on any atom is -0.456 e. The van der Waals surface area contributed by atoms with E-state index in [0.29, 0.717) is 17.5 Å². The van der Waals surface area contributed by atoms with Gasteiger partial charge < -0.3 is 13.6 Å². The molecule has 0 unspecified atom stereocenters. The maximum Gasteiger partial charge on any atom is 0.164 e. The molecule has 57 heavy (non-hydrogen) atoms. The predicted octanol–water partition coefficient (Wildman–Crippen LogP) is 13.0. The first kappa shape index (κ1) is 31.5. The van der Waals surface area contributed by atoms with Crippen LogP contribution in [0.2, 0.25) is 0 Å². The van der Waals surface area contributed by atoms with Crippen molar-refractivity contribution in [2.24, 2.45) is 0 Å². The number of rotatable bonds is 5. The predicted molar refractivity (Wildman–Crippen MR) is 232 cm³/mol. The van der Waals surface area contributed by atoms with Gasteiger partial charge in [0.2, 0.25) is 0 Å². The second kappa shape index (κ2) is 12.3. The highest BCUT2D eigenvalue weighted by molar-refractivity contribution is 6.12. The van der Waals surface area contributed by atoms with E-state index < -0.39 is 0 Å². The van der Waals surface area contributed by atoms with E-state index in [0.717, 1.165) is 82.8 Å². The molecule has 0 radical (unpaired) electrons. The van der Waals surface area contributed by atoms with Gasteiger partial charge in [-0.1, -0.05) is 97.1 Å². The first-order chi connectivity index (χ1) is 28.2. The first-order valence-corrected chi connectivity index (χ1v) is 19.1. The molecule has 8 aromatic carbocycles. The van der Waals surface area contributed by atoms with Crippen molar-refractivity contribution >= 4 is 65.6 Å². The number of furan rings is 1. The third-order valence-electron chi connectivity index (χ3n) is 11.2. The molecule has 0 aliphatic rings. The molecule has 12 rings (SSSR count). The lowest BCUT2D eigenvalue weighted by atomic mass is 10.1. The number of hydrogen-bond donors (Lipinski definition) is 0. The molecule has 4 aromatic heterocycles. The van der Waals surface area contributed by atoms with Crippen LogP contribution in [0.25, 0.3) is 111 Å². The molecule has 0 N–H and O–H groups in total. The van der Waals surface area contributed by atoms with Crippen LogP contribution >= 0.6 is 0 Å². The lowest BCUT2D eigenvalue weighted by molar-refractivity contribution is 0.669. The van der Waals surface area contributed by atoms with E-state index in [9.17, 15) is 0 Å². The number of aromatic nitrogens is 5. The number of benzene rings is 8. The number of hydrogen-bond acceptors (Lipinski definition) is 4. The summed E-state index contributed by atoms with van der Waals surface area (Å²) in [6.07, 6.45) is 0. The molecule has 6 nitrogen and oxygen atoms in total. The summed E-state index contributed by atoms with van der Waals surface area (Å²) in [4.78, 5) is 15.6. The molecule has 4 heterocycles. The van der Waals surface area contributed by atoms with Gasteiger partial charge in [-0.2, -0.15) is 0 Å². The fraction of sp³-hybridized carbons (Fsp3) is 0. The summed E-state index contributed by atoms with van der Waals surface area (Å²) >= 11 is 0. The normalized spacial score (nSPS) is 11.9. The van der Waals surface area contributed by atoms with Crippen LogP contribution in [0, 0.1) is 0 Å². The van der Waals surface area contributed by atoms with Gasteiger partial charge in [0.25, 0.3) is 0 Å². The van der Waals surface area contributed by atoms with E-state index in [2.05, 4.69) is 173 Å². The van der Waals surface area contributed by atoms with Gasteiger partial charge in [-0.3, -0.25) is 0 Å².